The van der Waals surface area contributed by atoms with Crippen LogP contribution in [0.3, 0.4) is 0 Å². The molecule has 1 aromatic carbocycles. The van der Waals surface area contributed by atoms with Crippen LogP contribution in [-0.4, -0.2) is 24.2 Å². The zero-order valence-corrected chi connectivity index (χ0v) is 11.9. The van der Waals surface area contributed by atoms with E-state index in [1.807, 2.05) is 0 Å². The molecule has 0 bridgehead atoms. The molecule has 0 saturated carbocycles. The van der Waals surface area contributed by atoms with Crippen LogP contribution in [-0.2, 0) is 0 Å². The topological polar surface area (TPSA) is 55.8 Å². The Hall–Kier alpha value is -1.17. The molecule has 96 valence electrons. The maximum atomic E-state index is 11.4. The zero-order chi connectivity index (χ0) is 13.4. The fraction of sp³-hybridized carbons (Fsp3) is 0.200. The first-order valence-corrected chi connectivity index (χ1v) is 6.10. The first-order chi connectivity index (χ1) is 8.40. The average molecular weight is 309 g/mol. The summed E-state index contributed by atoms with van der Waals surface area (Å²) in [5.41, 5.74) is 0.102. The Balaban J connectivity index is 2.73. The predicted octanol–water partition coefficient (Wildman–Crippen LogP) is 2.01. The molecule has 2 N–H and O–H groups in total. The Kier molecular flexibility index (Phi) is 3.56. The van der Waals surface area contributed by atoms with Gasteiger partial charge >= 0.3 is 11.6 Å². The van der Waals surface area contributed by atoms with E-state index in [1.54, 1.807) is 31.1 Å². The van der Waals surface area contributed by atoms with Gasteiger partial charge in [0, 0.05) is 5.02 Å². The van der Waals surface area contributed by atoms with Crippen molar-refractivity contribution in [3.63, 3.8) is 0 Å². The molecule has 8 heteroatoms. The Morgan fingerprint density at radius 1 is 1.17 bits per heavy atom. The van der Waals surface area contributed by atoms with E-state index >= 15 is 0 Å². The Labute approximate surface area is 118 Å². The molecule has 0 atom stereocenters. The van der Waals surface area contributed by atoms with Gasteiger partial charge in [0.05, 0.1) is 24.1 Å². The fourth-order valence-electron chi connectivity index (χ4n) is 1.56. The standard InChI is InChI=1S/C10H9Cl3N4O/c1-16(2)10-14-9(18)15-17(10)8-6(12)3-5(11)4-7(8)13/h3-4H,1-2H3,(H,15,18)/p+1. The molecular formula is C10H10Cl3N4O+. The monoisotopic (exact) mass is 307 g/mol. The van der Waals surface area contributed by atoms with Crippen LogP contribution >= 0.6 is 34.8 Å². The van der Waals surface area contributed by atoms with Crippen LogP contribution in [0.4, 0.5) is 5.95 Å². The summed E-state index contributed by atoms with van der Waals surface area (Å²) in [4.78, 5) is 15.8. The number of rotatable bonds is 2. The number of halogens is 3. The van der Waals surface area contributed by atoms with Gasteiger partial charge < -0.3 is 0 Å². The number of aromatic nitrogens is 3. The van der Waals surface area contributed by atoms with Crippen molar-refractivity contribution in [1.82, 2.24) is 10.1 Å². The van der Waals surface area contributed by atoms with E-state index < -0.39 is 0 Å². The molecule has 1 aromatic heterocycles. The van der Waals surface area contributed by atoms with Gasteiger partial charge in [0.25, 0.3) is 0 Å². The summed E-state index contributed by atoms with van der Waals surface area (Å²) in [6.45, 7) is 0. The van der Waals surface area contributed by atoms with Crippen LogP contribution < -0.4 is 15.3 Å². The number of nitrogens with zero attached hydrogens (tertiary/aromatic N) is 2. The molecule has 5 nitrogen and oxygen atoms in total. The largest absolute Gasteiger partial charge is 0.409 e. The minimum Gasteiger partial charge on any atom is -0.268 e. The van der Waals surface area contributed by atoms with Crippen molar-refractivity contribution in [3.05, 3.63) is 37.7 Å². The van der Waals surface area contributed by atoms with E-state index in [0.29, 0.717) is 26.7 Å². The van der Waals surface area contributed by atoms with Crippen molar-refractivity contribution in [2.75, 3.05) is 19.0 Å². The third kappa shape index (κ3) is 2.34. The SMILES string of the molecule is CN(C)c1[nH]c(=O)[nH][n+]1-c1c(Cl)cc(Cl)cc1Cl. The molecule has 2 aromatic rings. The molecule has 0 amide bonds. The summed E-state index contributed by atoms with van der Waals surface area (Å²) >= 11 is 18.1. The number of aromatic amines is 2. The third-order valence-corrected chi connectivity index (χ3v) is 3.07. The van der Waals surface area contributed by atoms with E-state index in [-0.39, 0.29) is 5.69 Å². The number of anilines is 1. The predicted molar refractivity (Wildman–Crippen MR) is 72.3 cm³/mol. The van der Waals surface area contributed by atoms with Gasteiger partial charge in [-0.1, -0.05) is 34.8 Å². The molecule has 0 spiro atoms. The summed E-state index contributed by atoms with van der Waals surface area (Å²) in [6.07, 6.45) is 0. The second-order valence-electron chi connectivity index (χ2n) is 3.84. The number of hydrogen-bond donors (Lipinski definition) is 2. The third-order valence-electron chi connectivity index (χ3n) is 2.28. The van der Waals surface area contributed by atoms with E-state index in [9.17, 15) is 4.79 Å². The van der Waals surface area contributed by atoms with E-state index in [2.05, 4.69) is 10.1 Å². The summed E-state index contributed by atoms with van der Waals surface area (Å²) in [5.74, 6) is 0.520. The van der Waals surface area contributed by atoms with E-state index in [4.69, 9.17) is 34.8 Å². The van der Waals surface area contributed by atoms with Gasteiger partial charge in [-0.05, 0) is 12.1 Å². The zero-order valence-electron chi connectivity index (χ0n) is 9.59. The molecule has 2 rings (SSSR count). The molecule has 18 heavy (non-hydrogen) atoms. The molecule has 0 fully saturated rings. The molecule has 0 aliphatic carbocycles. The van der Waals surface area contributed by atoms with Crippen molar-refractivity contribution in [2.24, 2.45) is 0 Å². The van der Waals surface area contributed by atoms with Crippen LogP contribution in [0, 0.1) is 0 Å². The maximum Gasteiger partial charge on any atom is 0.409 e. The highest BCUT2D eigenvalue weighted by Gasteiger charge is 2.22. The molecule has 1 heterocycles. The molecule has 0 unspecified atom stereocenters. The number of benzene rings is 1. The quantitative estimate of drug-likeness (QED) is 0.834. The Morgan fingerprint density at radius 3 is 2.22 bits per heavy atom. The van der Waals surface area contributed by atoms with Gasteiger partial charge in [-0.2, -0.15) is 10.1 Å². The minimum atomic E-state index is -0.360. The average Bonchev–Trinajstić information content (AvgIpc) is 2.58. The molecular weight excluding hydrogens is 298 g/mol. The highest BCUT2D eigenvalue weighted by Crippen LogP contribution is 2.29. The normalized spacial score (nSPS) is 10.7. The van der Waals surface area contributed by atoms with Crippen molar-refractivity contribution >= 4 is 40.8 Å². The number of H-pyrrole nitrogens is 2. The van der Waals surface area contributed by atoms with Crippen molar-refractivity contribution in [2.45, 2.75) is 0 Å². The molecule has 0 saturated heterocycles. The van der Waals surface area contributed by atoms with Gasteiger partial charge in [0.1, 0.15) is 0 Å². The summed E-state index contributed by atoms with van der Waals surface area (Å²) in [5, 5.41) is 3.71. The lowest BCUT2D eigenvalue weighted by Crippen LogP contribution is -2.40. The molecule has 0 radical (unpaired) electrons. The molecule has 0 aliphatic rings. The van der Waals surface area contributed by atoms with Gasteiger partial charge in [0.2, 0.25) is 0 Å². The summed E-state index contributed by atoms with van der Waals surface area (Å²) in [6, 6.07) is 3.12. The summed E-state index contributed by atoms with van der Waals surface area (Å²) in [7, 11) is 3.57. The van der Waals surface area contributed by atoms with Gasteiger partial charge in [-0.3, -0.25) is 4.90 Å². The summed E-state index contributed by atoms with van der Waals surface area (Å²) < 4.78 is 1.48. The lowest BCUT2D eigenvalue weighted by atomic mass is 10.3. The van der Waals surface area contributed by atoms with Gasteiger partial charge in [0.15, 0.2) is 5.69 Å². The van der Waals surface area contributed by atoms with Crippen LogP contribution in [0.5, 0.6) is 0 Å². The Bertz CT molecular complexity index is 624. The van der Waals surface area contributed by atoms with E-state index in [0.717, 1.165) is 0 Å². The number of nitrogens with one attached hydrogen (secondary N) is 2. The molecule has 0 aliphatic heterocycles. The van der Waals surface area contributed by atoms with Crippen LogP contribution in [0.25, 0.3) is 5.69 Å². The lowest BCUT2D eigenvalue weighted by Gasteiger charge is -2.08. The van der Waals surface area contributed by atoms with Crippen molar-refractivity contribution in [1.29, 1.82) is 0 Å². The van der Waals surface area contributed by atoms with Gasteiger partial charge in [-0.15, -0.1) is 4.68 Å². The van der Waals surface area contributed by atoms with Crippen molar-refractivity contribution < 1.29 is 4.68 Å². The fourth-order valence-corrected chi connectivity index (χ4v) is 2.55. The van der Waals surface area contributed by atoms with Crippen LogP contribution in [0.15, 0.2) is 16.9 Å². The first-order valence-electron chi connectivity index (χ1n) is 4.96. The highest BCUT2D eigenvalue weighted by atomic mass is 35.5. The minimum absolute atomic E-state index is 0.343. The number of hydrogen-bond acceptors (Lipinski definition) is 2. The van der Waals surface area contributed by atoms with E-state index in [1.165, 1.54) is 4.68 Å². The second-order valence-corrected chi connectivity index (χ2v) is 5.09. The Morgan fingerprint density at radius 2 is 1.72 bits per heavy atom. The smallest absolute Gasteiger partial charge is 0.268 e. The second kappa shape index (κ2) is 4.84. The van der Waals surface area contributed by atoms with Gasteiger partial charge in [-0.25, -0.2) is 4.79 Å². The lowest BCUT2D eigenvalue weighted by molar-refractivity contribution is -0.644. The maximum absolute atomic E-state index is 11.4. The van der Waals surface area contributed by atoms with Crippen molar-refractivity contribution in [3.8, 4) is 5.69 Å². The van der Waals surface area contributed by atoms with Crippen LogP contribution in [0.1, 0.15) is 0 Å². The van der Waals surface area contributed by atoms with Crippen LogP contribution in [0.2, 0.25) is 15.1 Å². The first kappa shape index (κ1) is 13.3. The highest BCUT2D eigenvalue weighted by molar-refractivity contribution is 6.40.